The van der Waals surface area contributed by atoms with Crippen LogP contribution >= 0.6 is 23.2 Å². The molecule has 0 radical (unpaired) electrons. The zero-order valence-electron chi connectivity index (χ0n) is 15.1. The molecular formula is C20H21Cl2FN4. The zero-order valence-corrected chi connectivity index (χ0v) is 16.6. The third-order valence-electron chi connectivity index (χ3n) is 4.55. The van der Waals surface area contributed by atoms with Crippen LogP contribution in [0.3, 0.4) is 0 Å². The molecule has 0 aromatic heterocycles. The molecule has 0 saturated carbocycles. The van der Waals surface area contributed by atoms with Crippen molar-refractivity contribution in [2.24, 2.45) is 15.2 Å². The van der Waals surface area contributed by atoms with Gasteiger partial charge in [-0.3, -0.25) is 4.39 Å². The number of benzene rings is 2. The average molecular weight is 407 g/mol. The van der Waals surface area contributed by atoms with Gasteiger partial charge in [0.15, 0.2) is 5.84 Å². The molecule has 0 aliphatic carbocycles. The quantitative estimate of drug-likeness (QED) is 0.515. The van der Waals surface area contributed by atoms with E-state index in [1.165, 1.54) is 0 Å². The molecule has 7 heteroatoms. The van der Waals surface area contributed by atoms with Crippen LogP contribution in [0.4, 0.5) is 15.8 Å². The van der Waals surface area contributed by atoms with Gasteiger partial charge >= 0.3 is 0 Å². The van der Waals surface area contributed by atoms with Gasteiger partial charge in [-0.2, -0.15) is 5.11 Å². The third-order valence-corrected chi connectivity index (χ3v) is 5.14. The summed E-state index contributed by atoms with van der Waals surface area (Å²) in [7, 11) is 0. The molecule has 2 aromatic carbocycles. The maximum absolute atomic E-state index is 13.4. The van der Waals surface area contributed by atoms with E-state index < -0.39 is 12.2 Å². The number of halogens is 3. The van der Waals surface area contributed by atoms with E-state index in [0.29, 0.717) is 28.8 Å². The van der Waals surface area contributed by atoms with E-state index in [0.717, 1.165) is 23.4 Å². The number of azo groups is 1. The summed E-state index contributed by atoms with van der Waals surface area (Å²) < 4.78 is 13.4. The number of amidine groups is 1. The minimum Gasteiger partial charge on any atom is -0.371 e. The number of rotatable bonds is 6. The van der Waals surface area contributed by atoms with Crippen LogP contribution in [0.5, 0.6) is 0 Å². The second-order valence-corrected chi connectivity index (χ2v) is 7.33. The first-order valence-electron chi connectivity index (χ1n) is 8.92. The Kier molecular flexibility index (Phi) is 6.45. The lowest BCUT2D eigenvalue weighted by molar-refractivity contribution is 0.398. The van der Waals surface area contributed by atoms with Gasteiger partial charge in [0, 0.05) is 16.5 Å². The van der Waals surface area contributed by atoms with Gasteiger partial charge in [0.05, 0.1) is 24.6 Å². The highest BCUT2D eigenvalue weighted by Gasteiger charge is 2.38. The van der Waals surface area contributed by atoms with E-state index in [1.807, 2.05) is 30.3 Å². The van der Waals surface area contributed by atoms with Crippen molar-refractivity contribution in [2.45, 2.75) is 38.3 Å². The summed E-state index contributed by atoms with van der Waals surface area (Å²) in [6.07, 6.45) is 1.87. The van der Waals surface area contributed by atoms with Crippen molar-refractivity contribution in [1.29, 1.82) is 0 Å². The van der Waals surface area contributed by atoms with Crippen LogP contribution in [0, 0.1) is 0 Å². The van der Waals surface area contributed by atoms with Crippen molar-refractivity contribution in [3.63, 3.8) is 0 Å². The number of anilines is 1. The van der Waals surface area contributed by atoms with E-state index >= 15 is 0 Å². The minimum atomic E-state index is -0.662. The topological polar surface area (TPSA) is 49.1 Å². The molecule has 0 bridgehead atoms. The lowest BCUT2D eigenvalue weighted by atomic mass is 9.87. The lowest BCUT2D eigenvalue weighted by Gasteiger charge is -2.37. The van der Waals surface area contributed by atoms with Crippen LogP contribution in [0.1, 0.15) is 31.7 Å². The first-order chi connectivity index (χ1) is 13.1. The second-order valence-electron chi connectivity index (χ2n) is 6.48. The lowest BCUT2D eigenvalue weighted by Crippen LogP contribution is -2.47. The van der Waals surface area contributed by atoms with Gasteiger partial charge in [-0.05, 0) is 36.2 Å². The zero-order chi connectivity index (χ0) is 19.3. The number of hydrogen-bond acceptors (Lipinski definition) is 4. The summed E-state index contributed by atoms with van der Waals surface area (Å²) in [5.41, 5.74) is 1.83. The van der Waals surface area contributed by atoms with Gasteiger partial charge < -0.3 is 5.32 Å². The van der Waals surface area contributed by atoms with Crippen LogP contribution in [0.25, 0.3) is 0 Å². The molecule has 1 aliphatic heterocycles. The van der Waals surface area contributed by atoms with Gasteiger partial charge in [0.1, 0.15) is 5.54 Å². The third kappa shape index (κ3) is 4.47. The van der Waals surface area contributed by atoms with Gasteiger partial charge in [0.2, 0.25) is 0 Å². The van der Waals surface area contributed by atoms with Crippen LogP contribution in [-0.2, 0) is 6.54 Å². The molecule has 0 saturated heterocycles. The molecule has 1 heterocycles. The predicted molar refractivity (Wildman–Crippen MR) is 110 cm³/mol. The Bertz CT molecular complexity index is 861. The summed E-state index contributed by atoms with van der Waals surface area (Å²) in [6, 6.07) is 13.0. The Hall–Kier alpha value is -1.98. The molecule has 1 N–H and O–H groups in total. The van der Waals surface area contributed by atoms with Crippen molar-refractivity contribution in [2.75, 3.05) is 12.0 Å². The molecule has 3 rings (SSSR count). The normalized spacial score (nSPS) is 18.9. The van der Waals surface area contributed by atoms with E-state index in [1.54, 1.807) is 12.1 Å². The summed E-state index contributed by atoms with van der Waals surface area (Å²) >= 11 is 12.1. The molecule has 0 amide bonds. The van der Waals surface area contributed by atoms with E-state index in [2.05, 4.69) is 27.5 Å². The molecule has 2 aromatic rings. The SMILES string of the molecule is CCCC1(CCF)Nc2ccccc2N=C1N=NCc1ccc(Cl)cc1Cl. The molecule has 27 heavy (non-hydrogen) atoms. The fourth-order valence-electron chi connectivity index (χ4n) is 3.22. The van der Waals surface area contributed by atoms with Gasteiger partial charge in [-0.1, -0.05) is 54.7 Å². The Morgan fingerprint density at radius 2 is 1.96 bits per heavy atom. The predicted octanol–water partition coefficient (Wildman–Crippen LogP) is 7.00. The minimum absolute atomic E-state index is 0.286. The number of nitrogens with zero attached hydrogens (tertiary/aromatic N) is 3. The fraction of sp³-hybridized carbons (Fsp3) is 0.350. The van der Waals surface area contributed by atoms with Crippen molar-refractivity contribution in [3.05, 3.63) is 58.1 Å². The molecule has 0 spiro atoms. The Morgan fingerprint density at radius 3 is 2.70 bits per heavy atom. The summed E-state index contributed by atoms with van der Waals surface area (Å²) in [5, 5.41) is 13.3. The van der Waals surface area contributed by atoms with Gasteiger partial charge in [-0.25, -0.2) is 4.99 Å². The largest absolute Gasteiger partial charge is 0.371 e. The van der Waals surface area contributed by atoms with Crippen molar-refractivity contribution >= 4 is 40.4 Å². The molecule has 1 aliphatic rings. The highest BCUT2D eigenvalue weighted by Crippen LogP contribution is 2.38. The van der Waals surface area contributed by atoms with Crippen molar-refractivity contribution < 1.29 is 4.39 Å². The van der Waals surface area contributed by atoms with Gasteiger partial charge in [-0.15, -0.1) is 5.11 Å². The van der Waals surface area contributed by atoms with E-state index in [-0.39, 0.29) is 6.42 Å². The van der Waals surface area contributed by atoms with Crippen LogP contribution in [0.15, 0.2) is 57.7 Å². The maximum Gasteiger partial charge on any atom is 0.176 e. The summed E-state index contributed by atoms with van der Waals surface area (Å²) in [6.45, 7) is 1.89. The molecule has 142 valence electrons. The highest BCUT2D eigenvalue weighted by molar-refractivity contribution is 6.35. The number of nitrogens with one attached hydrogen (secondary N) is 1. The molecule has 4 nitrogen and oxygen atoms in total. The number of fused-ring (bicyclic) bond motifs is 1. The van der Waals surface area contributed by atoms with E-state index in [4.69, 9.17) is 23.2 Å². The first kappa shape index (κ1) is 19.8. The Balaban J connectivity index is 1.91. The Morgan fingerprint density at radius 1 is 1.15 bits per heavy atom. The Labute approximate surface area is 168 Å². The average Bonchev–Trinajstić information content (AvgIpc) is 2.64. The molecule has 0 fully saturated rings. The van der Waals surface area contributed by atoms with Crippen LogP contribution in [-0.4, -0.2) is 18.0 Å². The first-order valence-corrected chi connectivity index (χ1v) is 9.67. The highest BCUT2D eigenvalue weighted by atomic mass is 35.5. The number of aliphatic imine (C=N–C) groups is 1. The standard InChI is InChI=1S/C20H21Cl2FN4/c1-2-9-20(10-11-23)19(25-17-5-3-4-6-18(17)26-20)27-24-13-14-7-8-15(21)12-16(14)22/h3-8,12,26H,2,9-11,13H2,1H3. The summed E-state index contributed by atoms with van der Waals surface area (Å²) in [4.78, 5) is 4.68. The summed E-state index contributed by atoms with van der Waals surface area (Å²) in [5.74, 6) is 0.505. The van der Waals surface area contributed by atoms with Crippen LogP contribution in [0.2, 0.25) is 10.0 Å². The number of alkyl halides is 1. The number of para-hydroxylation sites is 2. The molecular weight excluding hydrogens is 386 g/mol. The fourth-order valence-corrected chi connectivity index (χ4v) is 3.69. The molecule has 1 atom stereocenters. The van der Waals surface area contributed by atoms with Gasteiger partial charge in [0.25, 0.3) is 0 Å². The smallest absolute Gasteiger partial charge is 0.176 e. The maximum atomic E-state index is 13.4. The number of hydrogen-bond donors (Lipinski definition) is 1. The monoisotopic (exact) mass is 406 g/mol. The second kappa shape index (κ2) is 8.81. The van der Waals surface area contributed by atoms with Crippen molar-refractivity contribution in [1.82, 2.24) is 0 Å². The molecule has 1 unspecified atom stereocenters. The van der Waals surface area contributed by atoms with Crippen LogP contribution < -0.4 is 5.32 Å². The van der Waals surface area contributed by atoms with Crippen molar-refractivity contribution in [3.8, 4) is 0 Å². The van der Waals surface area contributed by atoms with E-state index in [9.17, 15) is 4.39 Å².